The van der Waals surface area contributed by atoms with Crippen LogP contribution in [0, 0.1) is 23.4 Å². The van der Waals surface area contributed by atoms with Crippen molar-refractivity contribution in [1.82, 2.24) is 9.97 Å². The number of halogens is 3. The van der Waals surface area contributed by atoms with E-state index >= 15 is 8.78 Å². The van der Waals surface area contributed by atoms with Gasteiger partial charge in [0.2, 0.25) is 0 Å². The summed E-state index contributed by atoms with van der Waals surface area (Å²) in [6, 6.07) is 5.38. The Balaban J connectivity index is 1.43. The number of hydrogen-bond donors (Lipinski definition) is 4. The molecule has 200 valence electrons. The highest BCUT2D eigenvalue weighted by Crippen LogP contribution is 2.43. The number of amides is 1. The van der Waals surface area contributed by atoms with Crippen molar-refractivity contribution in [3.63, 3.8) is 0 Å². The SMILES string of the molecule is C[C@H]1C[C@@H](c2ccncc2NC(=O)c2ccc(F)c(-c3c(F)cc(C4(O)CCC4)cc3F)n2)C[C@@H](N)[C@@H]1O. The molecule has 0 bridgehead atoms. The average molecular weight is 527 g/mol. The second-order valence-electron chi connectivity index (χ2n) is 10.4. The number of pyridine rings is 2. The van der Waals surface area contributed by atoms with Crippen LogP contribution in [0.25, 0.3) is 11.3 Å². The van der Waals surface area contributed by atoms with Crippen LogP contribution in [0.15, 0.2) is 42.7 Å². The van der Waals surface area contributed by atoms with Gasteiger partial charge in [-0.2, -0.15) is 0 Å². The molecule has 0 unspecified atom stereocenters. The zero-order chi connectivity index (χ0) is 27.2. The number of nitrogens with one attached hydrogen (secondary N) is 1. The van der Waals surface area contributed by atoms with E-state index in [1.165, 1.54) is 6.20 Å². The summed E-state index contributed by atoms with van der Waals surface area (Å²) in [7, 11) is 0. The summed E-state index contributed by atoms with van der Waals surface area (Å²) in [5.74, 6) is -3.95. The summed E-state index contributed by atoms with van der Waals surface area (Å²) in [6.45, 7) is 1.91. The maximum atomic E-state index is 15.0. The predicted octanol–water partition coefficient (Wildman–Crippen LogP) is 4.39. The quantitative estimate of drug-likeness (QED) is 0.391. The van der Waals surface area contributed by atoms with Crippen LogP contribution in [0.4, 0.5) is 18.9 Å². The lowest BCUT2D eigenvalue weighted by molar-refractivity contribution is -0.0392. The van der Waals surface area contributed by atoms with Gasteiger partial charge in [0, 0.05) is 12.2 Å². The highest BCUT2D eigenvalue weighted by molar-refractivity contribution is 6.03. The summed E-state index contributed by atoms with van der Waals surface area (Å²) < 4.78 is 44.7. The van der Waals surface area contributed by atoms with Gasteiger partial charge >= 0.3 is 0 Å². The molecule has 2 saturated carbocycles. The number of aliphatic hydroxyl groups is 2. The van der Waals surface area contributed by atoms with E-state index in [0.717, 1.165) is 36.2 Å². The molecular weight excluding hydrogens is 497 g/mol. The summed E-state index contributed by atoms with van der Waals surface area (Å²) in [6.07, 6.45) is 5.14. The van der Waals surface area contributed by atoms with Crippen LogP contribution in [-0.4, -0.2) is 38.2 Å². The lowest BCUT2D eigenvalue weighted by Crippen LogP contribution is -2.44. The highest BCUT2D eigenvalue weighted by Gasteiger charge is 2.38. The lowest BCUT2D eigenvalue weighted by Gasteiger charge is -2.37. The van der Waals surface area contributed by atoms with Gasteiger partial charge in [0.25, 0.3) is 5.91 Å². The van der Waals surface area contributed by atoms with Crippen LogP contribution in [0.5, 0.6) is 0 Å². The normalized spacial score (nSPS) is 24.5. The van der Waals surface area contributed by atoms with E-state index in [2.05, 4.69) is 15.3 Å². The molecule has 0 saturated heterocycles. The van der Waals surface area contributed by atoms with Crippen LogP contribution in [0.1, 0.15) is 66.6 Å². The molecule has 5 N–H and O–H groups in total. The Morgan fingerprint density at radius 2 is 1.82 bits per heavy atom. The minimum atomic E-state index is -1.30. The van der Waals surface area contributed by atoms with Crippen LogP contribution in [0.2, 0.25) is 0 Å². The molecule has 0 aliphatic heterocycles. The van der Waals surface area contributed by atoms with Crippen molar-refractivity contribution in [1.29, 1.82) is 0 Å². The van der Waals surface area contributed by atoms with Crippen molar-refractivity contribution in [2.24, 2.45) is 11.7 Å². The first-order valence-corrected chi connectivity index (χ1v) is 12.6. The topological polar surface area (TPSA) is 121 Å². The molecule has 5 rings (SSSR count). The Kier molecular flexibility index (Phi) is 6.97. The number of aromatic nitrogens is 2. The van der Waals surface area contributed by atoms with Crippen molar-refractivity contribution in [2.45, 2.75) is 62.7 Å². The van der Waals surface area contributed by atoms with Gasteiger partial charge in [-0.1, -0.05) is 6.92 Å². The summed E-state index contributed by atoms with van der Waals surface area (Å²) in [5, 5.41) is 23.4. The zero-order valence-corrected chi connectivity index (χ0v) is 20.8. The third-order valence-electron chi connectivity index (χ3n) is 7.85. The van der Waals surface area contributed by atoms with Gasteiger partial charge in [0.05, 0.1) is 29.2 Å². The number of anilines is 1. The smallest absolute Gasteiger partial charge is 0.274 e. The standard InChI is InChI=1S/C28H29F3N4O3/c1-14-9-15(10-21(32)26(14)36)17-5-8-33-13-23(17)35-27(37)22-4-3-18(29)25(34-22)24-19(30)11-16(12-20(24)31)28(38)6-2-7-28/h3-5,8,11-15,21,26,36,38H,2,6-7,9-10,32H2,1H3,(H,35,37)/t14-,15+,21+,26+/m0/s1. The van der Waals surface area contributed by atoms with Crippen LogP contribution in [0.3, 0.4) is 0 Å². The van der Waals surface area contributed by atoms with E-state index < -0.39 is 52.4 Å². The fraction of sp³-hybridized carbons (Fsp3) is 0.393. The van der Waals surface area contributed by atoms with Gasteiger partial charge in [-0.3, -0.25) is 9.78 Å². The minimum Gasteiger partial charge on any atom is -0.391 e. The number of hydrogen-bond acceptors (Lipinski definition) is 6. The van der Waals surface area contributed by atoms with Crippen LogP contribution >= 0.6 is 0 Å². The number of nitrogens with zero attached hydrogens (tertiary/aromatic N) is 2. The van der Waals surface area contributed by atoms with Gasteiger partial charge < -0.3 is 21.3 Å². The summed E-state index contributed by atoms with van der Waals surface area (Å²) in [5.41, 5.74) is 4.49. The van der Waals surface area contributed by atoms with Crippen molar-refractivity contribution in [3.8, 4) is 11.3 Å². The molecule has 10 heteroatoms. The first kappa shape index (κ1) is 26.3. The van der Waals surface area contributed by atoms with Gasteiger partial charge in [-0.25, -0.2) is 18.2 Å². The number of rotatable bonds is 5. The molecule has 2 aromatic heterocycles. The monoisotopic (exact) mass is 526 g/mol. The van der Waals surface area contributed by atoms with Crippen molar-refractivity contribution in [2.75, 3.05) is 5.32 Å². The maximum Gasteiger partial charge on any atom is 0.274 e. The molecule has 38 heavy (non-hydrogen) atoms. The molecule has 1 aromatic carbocycles. The zero-order valence-electron chi connectivity index (χ0n) is 20.8. The first-order chi connectivity index (χ1) is 18.1. The molecule has 2 aliphatic rings. The fourth-order valence-electron chi connectivity index (χ4n) is 5.49. The van der Waals surface area contributed by atoms with Gasteiger partial charge in [-0.15, -0.1) is 0 Å². The van der Waals surface area contributed by atoms with Gasteiger partial charge in [0.15, 0.2) is 0 Å². The van der Waals surface area contributed by atoms with E-state index in [0.29, 0.717) is 31.4 Å². The molecule has 0 spiro atoms. The maximum absolute atomic E-state index is 15.0. The second kappa shape index (κ2) is 10.1. The first-order valence-electron chi connectivity index (χ1n) is 12.6. The van der Waals surface area contributed by atoms with E-state index in [9.17, 15) is 19.4 Å². The molecular formula is C28H29F3N4O3. The second-order valence-corrected chi connectivity index (χ2v) is 10.4. The molecule has 2 aliphatic carbocycles. The Morgan fingerprint density at radius 3 is 2.45 bits per heavy atom. The molecule has 4 atom stereocenters. The molecule has 1 amide bonds. The largest absolute Gasteiger partial charge is 0.391 e. The molecule has 0 radical (unpaired) electrons. The number of benzene rings is 1. The van der Waals surface area contributed by atoms with Gasteiger partial charge in [0.1, 0.15) is 28.8 Å². The van der Waals surface area contributed by atoms with E-state index in [1.54, 1.807) is 12.3 Å². The molecule has 3 aromatic rings. The molecule has 2 fully saturated rings. The number of nitrogens with two attached hydrogens (primary N) is 1. The van der Waals surface area contributed by atoms with E-state index in [4.69, 9.17) is 5.73 Å². The van der Waals surface area contributed by atoms with Gasteiger partial charge in [-0.05, 0) is 85.4 Å². The number of carbonyl (C=O) groups excluding carboxylic acids is 1. The van der Waals surface area contributed by atoms with Crippen LogP contribution < -0.4 is 11.1 Å². The third kappa shape index (κ3) is 4.79. The Morgan fingerprint density at radius 1 is 1.11 bits per heavy atom. The van der Waals surface area contributed by atoms with Crippen LogP contribution in [-0.2, 0) is 5.60 Å². The van der Waals surface area contributed by atoms with E-state index in [1.807, 2.05) is 6.92 Å². The summed E-state index contributed by atoms with van der Waals surface area (Å²) in [4.78, 5) is 21.2. The average Bonchev–Trinajstić information content (AvgIpc) is 2.86. The summed E-state index contributed by atoms with van der Waals surface area (Å²) >= 11 is 0. The van der Waals surface area contributed by atoms with Crippen molar-refractivity contribution in [3.05, 3.63) is 77.0 Å². The third-order valence-corrected chi connectivity index (χ3v) is 7.85. The van der Waals surface area contributed by atoms with Crippen molar-refractivity contribution >= 4 is 11.6 Å². The lowest BCUT2D eigenvalue weighted by atomic mass is 9.74. The van der Waals surface area contributed by atoms with E-state index in [-0.39, 0.29) is 23.1 Å². The Hall–Kier alpha value is -3.34. The number of carbonyl (C=O) groups is 1. The minimum absolute atomic E-state index is 0.0365. The van der Waals surface area contributed by atoms with Crippen molar-refractivity contribution < 1.29 is 28.2 Å². The number of aliphatic hydroxyl groups excluding tert-OH is 1. The Bertz CT molecular complexity index is 1350. The highest BCUT2D eigenvalue weighted by atomic mass is 19.1. The molecule has 2 heterocycles. The fourth-order valence-corrected chi connectivity index (χ4v) is 5.49. The molecule has 7 nitrogen and oxygen atoms in total. The Labute approximate surface area is 217 Å². The predicted molar refractivity (Wildman–Crippen MR) is 135 cm³/mol.